The molecule has 2 aliphatic rings. The maximum Gasteiger partial charge on any atom is 0.226 e. The summed E-state index contributed by atoms with van der Waals surface area (Å²) < 4.78 is 11.4. The molecule has 1 fully saturated rings. The Kier molecular flexibility index (Phi) is 4.84. The summed E-state index contributed by atoms with van der Waals surface area (Å²) in [6.45, 7) is 4.47. The Morgan fingerprint density at radius 2 is 1.92 bits per heavy atom. The number of ether oxygens (including phenoxy) is 2. The van der Waals surface area contributed by atoms with Crippen LogP contribution >= 0.6 is 0 Å². The summed E-state index contributed by atoms with van der Waals surface area (Å²) in [7, 11) is 0. The summed E-state index contributed by atoms with van der Waals surface area (Å²) in [6.07, 6.45) is 6.71. The van der Waals surface area contributed by atoms with E-state index in [0.717, 1.165) is 35.3 Å². The van der Waals surface area contributed by atoms with Gasteiger partial charge in [0.1, 0.15) is 18.7 Å². The quantitative estimate of drug-likeness (QED) is 0.830. The largest absolute Gasteiger partial charge is 0.491 e. The lowest BCUT2D eigenvalue weighted by Crippen LogP contribution is -2.44. The van der Waals surface area contributed by atoms with Crippen molar-refractivity contribution in [2.75, 3.05) is 19.8 Å². The van der Waals surface area contributed by atoms with Crippen molar-refractivity contribution in [2.24, 2.45) is 5.92 Å². The molecule has 0 unspecified atom stereocenters. The highest BCUT2D eigenvalue weighted by molar-refractivity contribution is 5.79. The molecular formula is C20H23N3O3. The van der Waals surface area contributed by atoms with Gasteiger partial charge in [0.2, 0.25) is 5.91 Å². The molecule has 1 amide bonds. The Morgan fingerprint density at radius 1 is 1.15 bits per heavy atom. The molecule has 0 radical (unpaired) electrons. The SMILES string of the molecule is C[C@H]1COc2ccc(-c3cncnc3)cc2CN1C(=O)C1CCOCC1. The van der Waals surface area contributed by atoms with Crippen molar-refractivity contribution in [1.82, 2.24) is 14.9 Å². The molecule has 2 aliphatic heterocycles. The highest BCUT2D eigenvalue weighted by atomic mass is 16.5. The maximum absolute atomic E-state index is 13.1. The van der Waals surface area contributed by atoms with Crippen molar-refractivity contribution in [2.45, 2.75) is 32.4 Å². The molecule has 0 bridgehead atoms. The molecular weight excluding hydrogens is 330 g/mol. The van der Waals surface area contributed by atoms with Crippen molar-refractivity contribution in [3.8, 4) is 16.9 Å². The predicted octanol–water partition coefficient (Wildman–Crippen LogP) is 2.68. The number of nitrogens with zero attached hydrogens (tertiary/aromatic N) is 3. The Labute approximate surface area is 153 Å². The smallest absolute Gasteiger partial charge is 0.226 e. The first-order chi connectivity index (χ1) is 12.7. The highest BCUT2D eigenvalue weighted by Gasteiger charge is 2.31. The van der Waals surface area contributed by atoms with E-state index in [2.05, 4.69) is 23.0 Å². The van der Waals surface area contributed by atoms with Crippen LogP contribution in [0, 0.1) is 5.92 Å². The van der Waals surface area contributed by atoms with Crippen molar-refractivity contribution >= 4 is 5.91 Å². The highest BCUT2D eigenvalue weighted by Crippen LogP contribution is 2.31. The molecule has 6 heteroatoms. The fourth-order valence-electron chi connectivity index (χ4n) is 3.59. The average Bonchev–Trinajstić information content (AvgIpc) is 2.87. The molecule has 6 nitrogen and oxygen atoms in total. The van der Waals surface area contributed by atoms with Gasteiger partial charge in [0.05, 0.1) is 6.04 Å². The van der Waals surface area contributed by atoms with Gasteiger partial charge < -0.3 is 14.4 Å². The summed E-state index contributed by atoms with van der Waals surface area (Å²) in [5.41, 5.74) is 3.01. The van der Waals surface area contributed by atoms with Crippen LogP contribution in [0.4, 0.5) is 0 Å². The van der Waals surface area contributed by atoms with Crippen LogP contribution in [0.25, 0.3) is 11.1 Å². The Balaban J connectivity index is 1.61. The van der Waals surface area contributed by atoms with Crippen molar-refractivity contribution in [3.63, 3.8) is 0 Å². The fourth-order valence-corrected chi connectivity index (χ4v) is 3.59. The summed E-state index contributed by atoms with van der Waals surface area (Å²) in [6, 6.07) is 6.11. The van der Waals surface area contributed by atoms with Crippen molar-refractivity contribution in [1.29, 1.82) is 0 Å². The molecule has 0 aliphatic carbocycles. The third-order valence-corrected chi connectivity index (χ3v) is 5.16. The van der Waals surface area contributed by atoms with Gasteiger partial charge in [-0.05, 0) is 37.5 Å². The second-order valence-electron chi connectivity index (χ2n) is 6.96. The number of amides is 1. The van der Waals surface area contributed by atoms with E-state index in [1.54, 1.807) is 12.4 Å². The van der Waals surface area contributed by atoms with Crippen molar-refractivity contribution in [3.05, 3.63) is 42.5 Å². The lowest BCUT2D eigenvalue weighted by Gasteiger charge is -2.32. The van der Waals surface area contributed by atoms with E-state index in [0.29, 0.717) is 26.4 Å². The van der Waals surface area contributed by atoms with E-state index >= 15 is 0 Å². The zero-order valence-electron chi connectivity index (χ0n) is 14.9. The van der Waals surface area contributed by atoms with E-state index in [9.17, 15) is 4.79 Å². The minimum Gasteiger partial charge on any atom is -0.491 e. The first-order valence-corrected chi connectivity index (χ1v) is 9.11. The lowest BCUT2D eigenvalue weighted by atomic mass is 9.97. The summed E-state index contributed by atoms with van der Waals surface area (Å²) in [5.74, 6) is 1.11. The molecule has 136 valence electrons. The van der Waals surface area contributed by atoms with Crippen LogP contribution in [0.1, 0.15) is 25.3 Å². The molecule has 0 spiro atoms. The average molecular weight is 353 g/mol. The van der Waals surface area contributed by atoms with Crippen LogP contribution in [0.5, 0.6) is 5.75 Å². The van der Waals surface area contributed by atoms with Gasteiger partial charge in [-0.2, -0.15) is 0 Å². The first kappa shape index (κ1) is 17.0. The zero-order chi connectivity index (χ0) is 17.9. The second-order valence-corrected chi connectivity index (χ2v) is 6.96. The molecule has 1 aromatic heterocycles. The number of rotatable bonds is 2. The van der Waals surface area contributed by atoms with Gasteiger partial charge in [0, 0.05) is 49.2 Å². The fraction of sp³-hybridized carbons (Fsp3) is 0.450. The third-order valence-electron chi connectivity index (χ3n) is 5.16. The van der Waals surface area contributed by atoms with E-state index < -0.39 is 0 Å². The topological polar surface area (TPSA) is 64.6 Å². The number of hydrogen-bond donors (Lipinski definition) is 0. The molecule has 4 rings (SSSR count). The van der Waals surface area contributed by atoms with Crippen LogP contribution in [-0.4, -0.2) is 46.6 Å². The number of hydrogen-bond acceptors (Lipinski definition) is 5. The molecule has 0 saturated carbocycles. The molecule has 26 heavy (non-hydrogen) atoms. The van der Waals surface area contributed by atoms with E-state index in [1.165, 1.54) is 6.33 Å². The first-order valence-electron chi connectivity index (χ1n) is 9.11. The number of fused-ring (bicyclic) bond motifs is 1. The number of carbonyl (C=O) groups is 1. The van der Waals surface area contributed by atoms with Gasteiger partial charge in [-0.3, -0.25) is 4.79 Å². The van der Waals surface area contributed by atoms with Gasteiger partial charge in [0.25, 0.3) is 0 Å². The normalized spacial score (nSPS) is 20.8. The predicted molar refractivity (Wildman–Crippen MR) is 96.5 cm³/mol. The summed E-state index contributed by atoms with van der Waals surface area (Å²) in [5, 5.41) is 0. The molecule has 2 aromatic rings. The van der Waals surface area contributed by atoms with Crippen LogP contribution in [0.3, 0.4) is 0 Å². The summed E-state index contributed by atoms with van der Waals surface area (Å²) >= 11 is 0. The van der Waals surface area contributed by atoms with Gasteiger partial charge in [-0.15, -0.1) is 0 Å². The monoisotopic (exact) mass is 353 g/mol. The summed E-state index contributed by atoms with van der Waals surface area (Å²) in [4.78, 5) is 23.2. The molecule has 1 saturated heterocycles. The van der Waals surface area contributed by atoms with Crippen LogP contribution in [0.15, 0.2) is 36.9 Å². The molecule has 1 aromatic carbocycles. The van der Waals surface area contributed by atoms with Crippen molar-refractivity contribution < 1.29 is 14.3 Å². The van der Waals surface area contributed by atoms with Gasteiger partial charge in [-0.1, -0.05) is 6.07 Å². The molecule has 1 atom stereocenters. The molecule has 0 N–H and O–H groups in total. The second kappa shape index (κ2) is 7.41. The lowest BCUT2D eigenvalue weighted by molar-refractivity contribution is -0.141. The van der Waals surface area contributed by atoms with Gasteiger partial charge in [0.15, 0.2) is 0 Å². The standard InChI is InChI=1S/C20H23N3O3/c1-14-12-26-19-3-2-16(18-9-21-13-22-10-18)8-17(19)11-23(14)20(24)15-4-6-25-7-5-15/h2-3,8-10,13-15H,4-7,11-12H2,1H3/t14-/m0/s1. The van der Waals surface area contributed by atoms with E-state index in [1.807, 2.05) is 17.0 Å². The van der Waals surface area contributed by atoms with Gasteiger partial charge in [-0.25, -0.2) is 9.97 Å². The van der Waals surface area contributed by atoms with Crippen LogP contribution < -0.4 is 4.74 Å². The van der Waals surface area contributed by atoms with E-state index in [4.69, 9.17) is 9.47 Å². The number of benzene rings is 1. The minimum absolute atomic E-state index is 0.0428. The van der Waals surface area contributed by atoms with Crippen LogP contribution in [-0.2, 0) is 16.1 Å². The maximum atomic E-state index is 13.1. The Hall–Kier alpha value is -2.47. The number of carbonyl (C=O) groups excluding carboxylic acids is 1. The Morgan fingerprint density at radius 3 is 2.69 bits per heavy atom. The van der Waals surface area contributed by atoms with E-state index in [-0.39, 0.29) is 17.9 Å². The van der Waals surface area contributed by atoms with Gasteiger partial charge >= 0.3 is 0 Å². The molecule has 3 heterocycles. The minimum atomic E-state index is 0.0428. The Bertz CT molecular complexity index is 775. The third kappa shape index (κ3) is 3.42. The number of aromatic nitrogens is 2. The van der Waals surface area contributed by atoms with Crippen LogP contribution in [0.2, 0.25) is 0 Å². The zero-order valence-corrected chi connectivity index (χ0v) is 14.9.